The molecular formula is C18H21N3O3S. The van der Waals surface area contributed by atoms with E-state index in [1.807, 2.05) is 37.3 Å². The molecule has 1 unspecified atom stereocenters. The Morgan fingerprint density at radius 3 is 2.84 bits per heavy atom. The summed E-state index contributed by atoms with van der Waals surface area (Å²) in [5.41, 5.74) is 3.36. The van der Waals surface area contributed by atoms with Crippen molar-refractivity contribution in [2.45, 2.75) is 19.1 Å². The SMILES string of the molecule is COCCCOc1ccnc(CS(=O)n2cnc3ccccc32)c1C. The van der Waals surface area contributed by atoms with E-state index in [2.05, 4.69) is 9.97 Å². The van der Waals surface area contributed by atoms with Crippen LogP contribution in [-0.2, 0) is 21.5 Å². The van der Waals surface area contributed by atoms with Gasteiger partial charge in [0.2, 0.25) is 0 Å². The second-order valence-electron chi connectivity index (χ2n) is 5.60. The van der Waals surface area contributed by atoms with E-state index in [1.165, 1.54) is 0 Å². The fourth-order valence-electron chi connectivity index (χ4n) is 2.53. The van der Waals surface area contributed by atoms with E-state index in [1.54, 1.807) is 23.6 Å². The number of para-hydroxylation sites is 2. The summed E-state index contributed by atoms with van der Waals surface area (Å²) in [4.78, 5) is 8.67. The summed E-state index contributed by atoms with van der Waals surface area (Å²) in [6.07, 6.45) is 4.12. The summed E-state index contributed by atoms with van der Waals surface area (Å²) in [5.74, 6) is 1.08. The predicted octanol–water partition coefficient (Wildman–Crippen LogP) is 2.87. The zero-order valence-corrected chi connectivity index (χ0v) is 15.2. The van der Waals surface area contributed by atoms with Gasteiger partial charge in [0, 0.05) is 31.9 Å². The Bertz CT molecular complexity index is 879. The van der Waals surface area contributed by atoms with E-state index in [0.29, 0.717) is 19.0 Å². The first-order valence-corrected chi connectivity index (χ1v) is 9.35. The van der Waals surface area contributed by atoms with Crippen LogP contribution in [0.15, 0.2) is 42.9 Å². The largest absolute Gasteiger partial charge is 0.493 e. The molecule has 0 aliphatic heterocycles. The summed E-state index contributed by atoms with van der Waals surface area (Å²) in [6, 6.07) is 9.48. The lowest BCUT2D eigenvalue weighted by molar-refractivity contribution is 0.172. The van der Waals surface area contributed by atoms with Gasteiger partial charge in [-0.05, 0) is 25.1 Å². The quantitative estimate of drug-likeness (QED) is 0.579. The van der Waals surface area contributed by atoms with E-state index in [0.717, 1.165) is 34.5 Å². The highest BCUT2D eigenvalue weighted by Crippen LogP contribution is 2.22. The zero-order chi connectivity index (χ0) is 17.6. The van der Waals surface area contributed by atoms with Crippen LogP contribution >= 0.6 is 0 Å². The van der Waals surface area contributed by atoms with Crippen LogP contribution in [0, 0.1) is 6.92 Å². The fourth-order valence-corrected chi connectivity index (χ4v) is 3.72. The number of imidazole rings is 1. The van der Waals surface area contributed by atoms with Crippen LogP contribution in [0.2, 0.25) is 0 Å². The first kappa shape index (κ1) is 17.6. The molecule has 7 heteroatoms. The second kappa shape index (κ2) is 8.22. The van der Waals surface area contributed by atoms with Crippen molar-refractivity contribution in [3.63, 3.8) is 0 Å². The average molecular weight is 359 g/mol. The molecule has 6 nitrogen and oxygen atoms in total. The summed E-state index contributed by atoms with van der Waals surface area (Å²) in [5, 5.41) is 0. The van der Waals surface area contributed by atoms with E-state index in [-0.39, 0.29) is 0 Å². The molecule has 0 aliphatic carbocycles. The number of rotatable bonds is 8. The molecule has 0 amide bonds. The van der Waals surface area contributed by atoms with Gasteiger partial charge in [0.15, 0.2) is 0 Å². The van der Waals surface area contributed by atoms with Crippen molar-refractivity contribution in [3.8, 4) is 5.75 Å². The van der Waals surface area contributed by atoms with Crippen LogP contribution in [0.3, 0.4) is 0 Å². The minimum absolute atomic E-state index is 0.307. The maximum absolute atomic E-state index is 12.8. The molecule has 25 heavy (non-hydrogen) atoms. The molecule has 0 aliphatic rings. The lowest BCUT2D eigenvalue weighted by Crippen LogP contribution is -2.09. The lowest BCUT2D eigenvalue weighted by atomic mass is 10.2. The number of benzene rings is 1. The van der Waals surface area contributed by atoms with E-state index >= 15 is 0 Å². The molecule has 0 bridgehead atoms. The Morgan fingerprint density at radius 2 is 2.00 bits per heavy atom. The maximum Gasteiger partial charge on any atom is 0.131 e. The monoisotopic (exact) mass is 359 g/mol. The molecule has 1 atom stereocenters. The number of methoxy groups -OCH3 is 1. The standard InChI is InChI=1S/C18H21N3O3S/c1-14-16(19-9-8-18(14)24-11-5-10-23-2)12-25(22)21-13-20-15-6-3-4-7-17(15)21/h3-4,6-9,13H,5,10-12H2,1-2H3. The second-order valence-corrected chi connectivity index (χ2v) is 6.93. The molecule has 0 fully saturated rings. The van der Waals surface area contributed by atoms with Crippen LogP contribution in [0.5, 0.6) is 5.75 Å². The third-order valence-electron chi connectivity index (χ3n) is 3.91. The Kier molecular flexibility index (Phi) is 5.78. The average Bonchev–Trinajstić information content (AvgIpc) is 3.06. The fraction of sp³-hybridized carbons (Fsp3) is 0.333. The number of hydrogen-bond acceptors (Lipinski definition) is 5. The van der Waals surface area contributed by atoms with E-state index in [9.17, 15) is 4.21 Å². The molecule has 3 rings (SSSR count). The van der Waals surface area contributed by atoms with Crippen molar-refractivity contribution in [1.82, 2.24) is 13.9 Å². The molecular weight excluding hydrogens is 338 g/mol. The van der Waals surface area contributed by atoms with Crippen molar-refractivity contribution < 1.29 is 13.7 Å². The van der Waals surface area contributed by atoms with E-state index in [4.69, 9.17) is 9.47 Å². The van der Waals surface area contributed by atoms with Crippen LogP contribution in [-0.4, -0.2) is 38.5 Å². The van der Waals surface area contributed by atoms with Crippen LogP contribution in [0.4, 0.5) is 0 Å². The number of nitrogens with zero attached hydrogens (tertiary/aromatic N) is 3. The normalized spacial score (nSPS) is 12.4. The zero-order valence-electron chi connectivity index (χ0n) is 14.3. The van der Waals surface area contributed by atoms with Crippen molar-refractivity contribution in [2.24, 2.45) is 0 Å². The lowest BCUT2D eigenvalue weighted by Gasteiger charge is -2.12. The Labute approximate surface area is 149 Å². The first-order valence-electron chi connectivity index (χ1n) is 8.08. The molecule has 0 saturated heterocycles. The molecule has 0 saturated carbocycles. The number of aromatic nitrogens is 3. The minimum Gasteiger partial charge on any atom is -0.493 e. The molecule has 0 spiro atoms. The third kappa shape index (κ3) is 4.05. The van der Waals surface area contributed by atoms with Crippen molar-refractivity contribution in [1.29, 1.82) is 0 Å². The van der Waals surface area contributed by atoms with Crippen LogP contribution < -0.4 is 4.74 Å². The Balaban J connectivity index is 1.75. The number of ether oxygens (including phenoxy) is 2. The highest BCUT2D eigenvalue weighted by Gasteiger charge is 2.13. The van der Waals surface area contributed by atoms with Gasteiger partial charge in [-0.1, -0.05) is 12.1 Å². The van der Waals surface area contributed by atoms with Crippen molar-refractivity contribution >= 4 is 22.0 Å². The van der Waals surface area contributed by atoms with Gasteiger partial charge >= 0.3 is 0 Å². The summed E-state index contributed by atoms with van der Waals surface area (Å²) < 4.78 is 25.3. The number of hydrogen-bond donors (Lipinski definition) is 0. The van der Waals surface area contributed by atoms with Crippen molar-refractivity contribution in [2.75, 3.05) is 20.3 Å². The molecule has 3 aromatic rings. The highest BCUT2D eigenvalue weighted by molar-refractivity contribution is 7.82. The molecule has 0 radical (unpaired) electrons. The smallest absolute Gasteiger partial charge is 0.131 e. The molecule has 1 aromatic carbocycles. The van der Waals surface area contributed by atoms with Gasteiger partial charge in [-0.3, -0.25) is 4.98 Å². The summed E-state index contributed by atoms with van der Waals surface area (Å²) in [6.45, 7) is 3.18. The van der Waals surface area contributed by atoms with Gasteiger partial charge in [0.05, 0.1) is 29.1 Å². The Hall–Kier alpha value is -2.25. The number of fused-ring (bicyclic) bond motifs is 1. The third-order valence-corrected chi connectivity index (χ3v) is 5.16. The van der Waals surface area contributed by atoms with Gasteiger partial charge in [0.25, 0.3) is 0 Å². The molecule has 132 valence electrons. The Morgan fingerprint density at radius 1 is 1.16 bits per heavy atom. The highest BCUT2D eigenvalue weighted by atomic mass is 32.2. The summed E-state index contributed by atoms with van der Waals surface area (Å²) >= 11 is 0. The topological polar surface area (TPSA) is 66.2 Å². The molecule has 0 N–H and O–H groups in total. The van der Waals surface area contributed by atoms with Gasteiger partial charge in [-0.15, -0.1) is 0 Å². The summed E-state index contributed by atoms with van der Waals surface area (Å²) in [7, 11) is 0.383. The van der Waals surface area contributed by atoms with E-state index < -0.39 is 11.0 Å². The van der Waals surface area contributed by atoms with Gasteiger partial charge < -0.3 is 9.47 Å². The molecule has 2 heterocycles. The van der Waals surface area contributed by atoms with Gasteiger partial charge in [-0.25, -0.2) is 13.2 Å². The van der Waals surface area contributed by atoms with Crippen molar-refractivity contribution in [3.05, 3.63) is 54.1 Å². The minimum atomic E-state index is -1.29. The van der Waals surface area contributed by atoms with Crippen LogP contribution in [0.25, 0.3) is 11.0 Å². The van der Waals surface area contributed by atoms with Crippen LogP contribution in [0.1, 0.15) is 17.7 Å². The molecule has 2 aromatic heterocycles. The maximum atomic E-state index is 12.8. The number of pyridine rings is 1. The van der Waals surface area contributed by atoms with Gasteiger partial charge in [-0.2, -0.15) is 0 Å². The predicted molar refractivity (Wildman–Crippen MR) is 97.9 cm³/mol. The van der Waals surface area contributed by atoms with Gasteiger partial charge in [0.1, 0.15) is 23.1 Å². The first-order chi connectivity index (χ1) is 12.2.